The molecule has 0 saturated heterocycles. The van der Waals surface area contributed by atoms with Gasteiger partial charge in [-0.15, -0.1) is 0 Å². The van der Waals surface area contributed by atoms with Crippen LogP contribution in [0.5, 0.6) is 0 Å². The van der Waals surface area contributed by atoms with Crippen molar-refractivity contribution in [3.8, 4) is 0 Å². The average Bonchev–Trinajstić information content (AvgIpc) is 2.24. The van der Waals surface area contributed by atoms with E-state index in [9.17, 15) is 4.79 Å². The van der Waals surface area contributed by atoms with Crippen molar-refractivity contribution in [3.63, 3.8) is 0 Å². The van der Waals surface area contributed by atoms with E-state index in [1.807, 2.05) is 11.9 Å². The predicted molar refractivity (Wildman–Crippen MR) is 64.6 cm³/mol. The fourth-order valence-corrected chi connectivity index (χ4v) is 1.52. The molecule has 2 unspecified atom stereocenters. The number of nitrogens with zero attached hydrogens (tertiary/aromatic N) is 1. The summed E-state index contributed by atoms with van der Waals surface area (Å²) in [5.74, 6) is 0.695. The van der Waals surface area contributed by atoms with Crippen LogP contribution in [0.4, 0.5) is 0 Å². The van der Waals surface area contributed by atoms with E-state index in [0.29, 0.717) is 24.9 Å². The molecule has 0 aromatic heterocycles. The molecule has 3 heteroatoms. The maximum Gasteiger partial charge on any atom is 0.222 e. The van der Waals surface area contributed by atoms with Gasteiger partial charge in [0.2, 0.25) is 5.91 Å². The van der Waals surface area contributed by atoms with Crippen molar-refractivity contribution in [1.29, 1.82) is 0 Å². The quantitative estimate of drug-likeness (QED) is 0.704. The largest absolute Gasteiger partial charge is 0.343 e. The summed E-state index contributed by atoms with van der Waals surface area (Å²) >= 11 is 0. The number of amides is 1. The number of carbonyl (C=O) groups is 1. The van der Waals surface area contributed by atoms with Gasteiger partial charge >= 0.3 is 0 Å². The Morgan fingerprint density at radius 1 is 1.33 bits per heavy atom. The zero-order valence-corrected chi connectivity index (χ0v) is 10.6. The molecule has 0 rings (SSSR count). The summed E-state index contributed by atoms with van der Waals surface area (Å²) < 4.78 is 0. The van der Waals surface area contributed by atoms with Gasteiger partial charge in [0.05, 0.1) is 0 Å². The number of nitrogens with two attached hydrogens (primary N) is 1. The number of hydrogen-bond acceptors (Lipinski definition) is 2. The molecule has 2 N–H and O–H groups in total. The molecule has 2 atom stereocenters. The minimum absolute atomic E-state index is 0.247. The summed E-state index contributed by atoms with van der Waals surface area (Å²) in [7, 11) is 1.90. The van der Waals surface area contributed by atoms with Crippen LogP contribution in [0.15, 0.2) is 0 Å². The van der Waals surface area contributed by atoms with E-state index >= 15 is 0 Å². The lowest BCUT2D eigenvalue weighted by atomic mass is 10.0. The van der Waals surface area contributed by atoms with E-state index in [1.54, 1.807) is 0 Å². The zero-order chi connectivity index (χ0) is 11.8. The first-order chi connectivity index (χ1) is 7.02. The molecule has 0 heterocycles. The Labute approximate surface area is 94.0 Å². The lowest BCUT2D eigenvalue weighted by Crippen LogP contribution is -2.35. The van der Waals surface area contributed by atoms with Crippen molar-refractivity contribution < 1.29 is 4.79 Å². The Morgan fingerprint density at radius 2 is 1.93 bits per heavy atom. The van der Waals surface area contributed by atoms with E-state index in [-0.39, 0.29) is 5.91 Å². The first-order valence-electron chi connectivity index (χ1n) is 5.98. The molecule has 1 amide bonds. The van der Waals surface area contributed by atoms with Gasteiger partial charge in [-0.05, 0) is 32.2 Å². The predicted octanol–water partition coefficient (Wildman–Crippen LogP) is 2.01. The summed E-state index contributed by atoms with van der Waals surface area (Å²) in [6.07, 6.45) is 3.73. The normalized spacial score (nSPS) is 14.7. The molecule has 0 saturated carbocycles. The third kappa shape index (κ3) is 5.78. The van der Waals surface area contributed by atoms with Crippen LogP contribution in [-0.4, -0.2) is 30.4 Å². The molecule has 0 aliphatic heterocycles. The van der Waals surface area contributed by atoms with Crippen LogP contribution in [0.3, 0.4) is 0 Å². The van der Waals surface area contributed by atoms with Gasteiger partial charge in [0.1, 0.15) is 0 Å². The molecule has 0 bridgehead atoms. The second-order valence-electron chi connectivity index (χ2n) is 4.52. The highest BCUT2D eigenvalue weighted by molar-refractivity contribution is 5.76. The Hall–Kier alpha value is -0.570. The molecule has 15 heavy (non-hydrogen) atoms. The molecule has 0 fully saturated rings. The third-order valence-electron chi connectivity index (χ3n) is 3.01. The van der Waals surface area contributed by atoms with E-state index in [0.717, 1.165) is 19.3 Å². The van der Waals surface area contributed by atoms with Crippen LogP contribution in [0.2, 0.25) is 0 Å². The fourth-order valence-electron chi connectivity index (χ4n) is 1.52. The second-order valence-corrected chi connectivity index (χ2v) is 4.52. The maximum atomic E-state index is 11.8. The number of carbonyl (C=O) groups excluding carboxylic acids is 1. The van der Waals surface area contributed by atoms with E-state index < -0.39 is 0 Å². The molecule has 90 valence electrons. The van der Waals surface area contributed by atoms with Gasteiger partial charge in [-0.1, -0.05) is 20.3 Å². The zero-order valence-electron chi connectivity index (χ0n) is 10.6. The van der Waals surface area contributed by atoms with Crippen LogP contribution in [-0.2, 0) is 4.79 Å². The van der Waals surface area contributed by atoms with Gasteiger partial charge in [-0.25, -0.2) is 0 Å². The van der Waals surface area contributed by atoms with Crippen molar-refractivity contribution in [3.05, 3.63) is 0 Å². The Kier molecular flexibility index (Phi) is 7.39. The second kappa shape index (κ2) is 7.69. The van der Waals surface area contributed by atoms with Gasteiger partial charge in [0.25, 0.3) is 0 Å². The summed E-state index contributed by atoms with van der Waals surface area (Å²) in [6.45, 7) is 7.00. The van der Waals surface area contributed by atoms with Crippen molar-refractivity contribution in [2.24, 2.45) is 11.7 Å². The standard InChI is InChI=1S/C12H26N2O/c1-5-6-11(3)14(4)12(15)8-7-10(2)9-13/h10-11H,5-9,13H2,1-4H3. The van der Waals surface area contributed by atoms with Crippen LogP contribution >= 0.6 is 0 Å². The van der Waals surface area contributed by atoms with Crippen LogP contribution in [0.1, 0.15) is 46.5 Å². The van der Waals surface area contributed by atoms with Crippen molar-refractivity contribution in [2.45, 2.75) is 52.5 Å². The van der Waals surface area contributed by atoms with Crippen LogP contribution in [0, 0.1) is 5.92 Å². The average molecular weight is 214 g/mol. The lowest BCUT2D eigenvalue weighted by Gasteiger charge is -2.25. The molecule has 0 spiro atoms. The van der Waals surface area contributed by atoms with Gasteiger partial charge in [0, 0.05) is 19.5 Å². The minimum Gasteiger partial charge on any atom is -0.343 e. The van der Waals surface area contributed by atoms with Crippen molar-refractivity contribution in [2.75, 3.05) is 13.6 Å². The molecule has 0 aliphatic rings. The Bertz CT molecular complexity index is 182. The molecular formula is C12H26N2O. The van der Waals surface area contributed by atoms with E-state index in [4.69, 9.17) is 5.73 Å². The highest BCUT2D eigenvalue weighted by Gasteiger charge is 2.15. The topological polar surface area (TPSA) is 46.3 Å². The summed E-state index contributed by atoms with van der Waals surface area (Å²) in [5.41, 5.74) is 5.52. The van der Waals surface area contributed by atoms with Gasteiger partial charge in [0.15, 0.2) is 0 Å². The summed E-state index contributed by atoms with van der Waals surface area (Å²) in [4.78, 5) is 13.6. The Morgan fingerprint density at radius 3 is 2.40 bits per heavy atom. The fraction of sp³-hybridized carbons (Fsp3) is 0.917. The van der Waals surface area contributed by atoms with Gasteiger partial charge in [-0.2, -0.15) is 0 Å². The summed E-state index contributed by atoms with van der Waals surface area (Å²) in [5, 5.41) is 0. The van der Waals surface area contributed by atoms with E-state index in [1.165, 1.54) is 0 Å². The molecule has 0 radical (unpaired) electrons. The third-order valence-corrected chi connectivity index (χ3v) is 3.01. The highest BCUT2D eigenvalue weighted by atomic mass is 16.2. The molecule has 0 aromatic rings. The van der Waals surface area contributed by atoms with Gasteiger partial charge < -0.3 is 10.6 Å². The molecular weight excluding hydrogens is 188 g/mol. The van der Waals surface area contributed by atoms with Crippen LogP contribution in [0.25, 0.3) is 0 Å². The first kappa shape index (κ1) is 14.4. The first-order valence-corrected chi connectivity index (χ1v) is 5.98. The van der Waals surface area contributed by atoms with Gasteiger partial charge in [-0.3, -0.25) is 4.79 Å². The monoisotopic (exact) mass is 214 g/mol. The Balaban J connectivity index is 3.88. The number of hydrogen-bond donors (Lipinski definition) is 1. The van der Waals surface area contributed by atoms with Crippen LogP contribution < -0.4 is 5.73 Å². The summed E-state index contributed by atoms with van der Waals surface area (Å²) in [6, 6.07) is 0.357. The maximum absolute atomic E-state index is 11.8. The minimum atomic E-state index is 0.247. The molecule has 0 aliphatic carbocycles. The number of rotatable bonds is 7. The van der Waals surface area contributed by atoms with Crippen molar-refractivity contribution in [1.82, 2.24) is 4.90 Å². The van der Waals surface area contributed by atoms with Crippen molar-refractivity contribution >= 4 is 5.91 Å². The molecule has 3 nitrogen and oxygen atoms in total. The molecule has 0 aromatic carbocycles. The smallest absolute Gasteiger partial charge is 0.222 e. The highest BCUT2D eigenvalue weighted by Crippen LogP contribution is 2.09. The lowest BCUT2D eigenvalue weighted by molar-refractivity contribution is -0.132. The SMILES string of the molecule is CCCC(C)N(C)C(=O)CCC(C)CN. The van der Waals surface area contributed by atoms with E-state index in [2.05, 4.69) is 20.8 Å².